The summed E-state index contributed by atoms with van der Waals surface area (Å²) in [6, 6.07) is 13.5. The van der Waals surface area contributed by atoms with E-state index in [2.05, 4.69) is 25.9 Å². The third-order valence-corrected chi connectivity index (χ3v) is 5.47. The molecule has 4 aromatic rings. The first-order chi connectivity index (χ1) is 19.3. The number of alkyl carbamates (subject to hydrolysis) is 1. The van der Waals surface area contributed by atoms with Gasteiger partial charge in [-0.05, 0) is 26.3 Å². The van der Waals surface area contributed by atoms with Crippen molar-refractivity contribution in [3.8, 4) is 34.3 Å². The predicted molar refractivity (Wildman–Crippen MR) is 138 cm³/mol. The first kappa shape index (κ1) is 29.3. The minimum absolute atomic E-state index is 0.0480. The molecule has 0 bridgehead atoms. The normalized spacial score (nSPS) is 12.6. The molecular formula is C27H26F3N5O6. The van der Waals surface area contributed by atoms with Gasteiger partial charge >= 0.3 is 12.3 Å². The van der Waals surface area contributed by atoms with E-state index >= 15 is 0 Å². The molecule has 0 radical (unpaired) electrons. The van der Waals surface area contributed by atoms with E-state index in [9.17, 15) is 27.9 Å². The predicted octanol–water partition coefficient (Wildman–Crippen LogP) is 4.75. The van der Waals surface area contributed by atoms with Crippen molar-refractivity contribution in [3.05, 3.63) is 65.7 Å². The van der Waals surface area contributed by atoms with Gasteiger partial charge in [-0.2, -0.15) is 18.2 Å². The molecule has 0 saturated carbocycles. The van der Waals surface area contributed by atoms with Crippen LogP contribution in [0.25, 0.3) is 34.3 Å². The number of hydrogen-bond donors (Lipinski definition) is 3. The summed E-state index contributed by atoms with van der Waals surface area (Å²) in [5.74, 6) is -2.00. The van der Waals surface area contributed by atoms with Crippen molar-refractivity contribution in [1.29, 1.82) is 0 Å². The van der Waals surface area contributed by atoms with Crippen LogP contribution >= 0.6 is 0 Å². The minimum atomic E-state index is -4.82. The summed E-state index contributed by atoms with van der Waals surface area (Å²) in [7, 11) is 0. The Balaban J connectivity index is 1.42. The molecule has 3 N–H and O–H groups in total. The summed E-state index contributed by atoms with van der Waals surface area (Å²) in [4.78, 5) is 28.0. The molecule has 0 saturated heterocycles. The molecule has 0 aliphatic rings. The van der Waals surface area contributed by atoms with Crippen molar-refractivity contribution in [1.82, 2.24) is 25.9 Å². The molecule has 0 unspecified atom stereocenters. The Labute approximate surface area is 231 Å². The number of benzene rings is 2. The maximum absolute atomic E-state index is 14.0. The second-order valence-corrected chi connectivity index (χ2v) is 9.77. The van der Waals surface area contributed by atoms with E-state index in [1.807, 2.05) is 0 Å². The molecule has 0 fully saturated rings. The second kappa shape index (κ2) is 11.8. The van der Waals surface area contributed by atoms with E-state index in [0.29, 0.717) is 5.56 Å². The van der Waals surface area contributed by atoms with Crippen LogP contribution in [0.4, 0.5) is 18.0 Å². The van der Waals surface area contributed by atoms with Crippen LogP contribution in [0.5, 0.6) is 0 Å². The molecule has 14 heteroatoms. The van der Waals surface area contributed by atoms with Gasteiger partial charge in [0.05, 0.1) is 0 Å². The van der Waals surface area contributed by atoms with Crippen LogP contribution < -0.4 is 10.6 Å². The van der Waals surface area contributed by atoms with Crippen LogP contribution in [-0.4, -0.2) is 51.1 Å². The summed E-state index contributed by atoms with van der Waals surface area (Å²) in [6.07, 6.45) is -6.98. The smallest absolute Gasteiger partial charge is 0.422 e. The quantitative estimate of drug-likeness (QED) is 0.254. The summed E-state index contributed by atoms with van der Waals surface area (Å²) in [5.41, 5.74) is -1.44. The Kier molecular flexibility index (Phi) is 8.42. The largest absolute Gasteiger partial charge is 0.444 e. The van der Waals surface area contributed by atoms with E-state index in [4.69, 9.17) is 13.8 Å². The number of nitrogens with one attached hydrogen (secondary N) is 2. The van der Waals surface area contributed by atoms with Crippen molar-refractivity contribution in [3.63, 3.8) is 0 Å². The number of alkyl halides is 3. The SMILES string of the molecule is CC(C)(C)OC(=O)NCCNC(=O)[C@H](O)c1ccc(-c2noc(-c3onc(-c4ccccc4)c3C(F)(F)F)n2)cc1. The molecule has 216 valence electrons. The summed E-state index contributed by atoms with van der Waals surface area (Å²) < 4.78 is 57.0. The highest BCUT2D eigenvalue weighted by Gasteiger charge is 2.43. The van der Waals surface area contributed by atoms with Gasteiger partial charge in [0.25, 0.3) is 11.8 Å². The van der Waals surface area contributed by atoms with E-state index in [-0.39, 0.29) is 30.0 Å². The number of aliphatic hydroxyl groups excluding tert-OH is 1. The number of halogens is 3. The van der Waals surface area contributed by atoms with Crippen LogP contribution in [0.3, 0.4) is 0 Å². The maximum atomic E-state index is 14.0. The zero-order chi connectivity index (χ0) is 29.8. The number of rotatable bonds is 8. The van der Waals surface area contributed by atoms with E-state index < -0.39 is 52.8 Å². The molecule has 11 nitrogen and oxygen atoms in total. The molecule has 0 aliphatic carbocycles. The second-order valence-electron chi connectivity index (χ2n) is 9.77. The highest BCUT2D eigenvalue weighted by molar-refractivity contribution is 5.82. The third-order valence-electron chi connectivity index (χ3n) is 5.47. The van der Waals surface area contributed by atoms with Gasteiger partial charge in [0, 0.05) is 24.2 Å². The average Bonchev–Trinajstić information content (AvgIpc) is 3.58. The lowest BCUT2D eigenvalue weighted by Gasteiger charge is -2.19. The lowest BCUT2D eigenvalue weighted by molar-refractivity contribution is -0.137. The van der Waals surface area contributed by atoms with Gasteiger partial charge in [-0.15, -0.1) is 0 Å². The maximum Gasteiger partial charge on any atom is 0.422 e. The number of aliphatic hydroxyl groups is 1. The summed E-state index contributed by atoms with van der Waals surface area (Å²) >= 11 is 0. The standard InChI is InChI=1S/C27H26F3N5O6/c1-26(2,3)39-25(38)32-14-13-31-23(37)20(36)16-9-11-17(12-10-16)22-33-24(41-35-22)21-18(27(28,29)30)19(34-40-21)15-7-5-4-6-8-15/h4-12,20,36H,13-14H2,1-3H3,(H,31,37)(H,32,38)/t20-/m1/s1. The number of aromatic nitrogens is 3. The molecular weight excluding hydrogens is 547 g/mol. The number of amides is 2. The minimum Gasteiger partial charge on any atom is -0.444 e. The molecule has 4 rings (SSSR count). The van der Waals surface area contributed by atoms with Gasteiger partial charge in [-0.1, -0.05) is 64.9 Å². The lowest BCUT2D eigenvalue weighted by atomic mass is 10.1. The van der Waals surface area contributed by atoms with E-state index in [1.165, 1.54) is 36.4 Å². The fraction of sp³-hybridized carbons (Fsp3) is 0.296. The van der Waals surface area contributed by atoms with Gasteiger partial charge in [0.15, 0.2) is 6.10 Å². The number of carbonyl (C=O) groups excluding carboxylic acids is 2. The van der Waals surface area contributed by atoms with Crippen LogP contribution in [0.2, 0.25) is 0 Å². The molecule has 1 atom stereocenters. The zero-order valence-corrected chi connectivity index (χ0v) is 22.2. The van der Waals surface area contributed by atoms with Gasteiger partial charge < -0.3 is 29.5 Å². The fourth-order valence-corrected chi connectivity index (χ4v) is 3.65. The van der Waals surface area contributed by atoms with Gasteiger partial charge in [-0.3, -0.25) is 4.79 Å². The molecule has 41 heavy (non-hydrogen) atoms. The average molecular weight is 574 g/mol. The highest BCUT2D eigenvalue weighted by Crippen LogP contribution is 2.43. The van der Waals surface area contributed by atoms with Crippen molar-refractivity contribution < 1.29 is 41.6 Å². The topological polar surface area (TPSA) is 153 Å². The van der Waals surface area contributed by atoms with Crippen LogP contribution in [0.1, 0.15) is 38.0 Å². The number of nitrogens with zero attached hydrogens (tertiary/aromatic N) is 3. The van der Waals surface area contributed by atoms with Crippen LogP contribution in [-0.2, 0) is 15.7 Å². The van der Waals surface area contributed by atoms with Gasteiger partial charge in [0.1, 0.15) is 16.9 Å². The number of hydrogen-bond acceptors (Lipinski definition) is 9. The van der Waals surface area contributed by atoms with Crippen LogP contribution in [0.15, 0.2) is 63.6 Å². The van der Waals surface area contributed by atoms with Crippen molar-refractivity contribution >= 4 is 12.0 Å². The molecule has 0 aliphatic heterocycles. The van der Waals surface area contributed by atoms with Crippen molar-refractivity contribution in [2.45, 2.75) is 38.7 Å². The Morgan fingerprint density at radius 1 is 0.927 bits per heavy atom. The summed E-state index contributed by atoms with van der Waals surface area (Å²) in [6.45, 7) is 5.29. The number of ether oxygens (including phenoxy) is 1. The lowest BCUT2D eigenvalue weighted by Crippen LogP contribution is -2.39. The van der Waals surface area contributed by atoms with E-state index in [0.717, 1.165) is 0 Å². The highest BCUT2D eigenvalue weighted by atomic mass is 19.4. The Morgan fingerprint density at radius 3 is 2.22 bits per heavy atom. The molecule has 2 aromatic heterocycles. The first-order valence-electron chi connectivity index (χ1n) is 12.3. The molecule has 0 spiro atoms. The van der Waals surface area contributed by atoms with Crippen LogP contribution in [0, 0.1) is 0 Å². The Hall–Kier alpha value is -4.72. The van der Waals surface area contributed by atoms with Gasteiger partial charge in [-0.25, -0.2) is 4.79 Å². The van der Waals surface area contributed by atoms with Crippen molar-refractivity contribution in [2.24, 2.45) is 0 Å². The molecule has 2 amide bonds. The molecule has 2 heterocycles. The zero-order valence-electron chi connectivity index (χ0n) is 22.2. The Bertz CT molecular complexity index is 1490. The Morgan fingerprint density at radius 2 is 1.59 bits per heavy atom. The number of carbonyl (C=O) groups is 2. The monoisotopic (exact) mass is 573 g/mol. The first-order valence-corrected chi connectivity index (χ1v) is 12.3. The van der Waals surface area contributed by atoms with E-state index in [1.54, 1.807) is 39.0 Å². The fourth-order valence-electron chi connectivity index (χ4n) is 3.65. The third kappa shape index (κ3) is 7.28. The summed E-state index contributed by atoms with van der Waals surface area (Å²) in [5, 5.41) is 22.7. The van der Waals surface area contributed by atoms with Gasteiger partial charge in [0.2, 0.25) is 11.6 Å². The molecule has 2 aromatic carbocycles. The van der Waals surface area contributed by atoms with Crippen molar-refractivity contribution in [2.75, 3.05) is 13.1 Å².